The molecule has 0 radical (unpaired) electrons. The molecule has 1 aliphatic heterocycles. The summed E-state index contributed by atoms with van der Waals surface area (Å²) in [5.41, 5.74) is 3.07. The maximum Gasteiger partial charge on any atom is 0.417 e. The fraction of sp³-hybridized carbons (Fsp3) is 0.348. The molecular formula is C23H24F4N6O2S. The minimum absolute atomic E-state index is 0.0449. The van der Waals surface area contributed by atoms with Crippen LogP contribution in [0.2, 0.25) is 0 Å². The number of alkyl halides is 3. The number of piperazine rings is 1. The van der Waals surface area contributed by atoms with Crippen LogP contribution in [-0.2, 0) is 6.18 Å². The molecular weight excluding hydrogens is 500 g/mol. The number of carbonyl (C=O) groups excluding carboxylic acids is 1. The molecule has 2 aromatic heterocycles. The Morgan fingerprint density at radius 3 is 2.47 bits per heavy atom. The van der Waals surface area contributed by atoms with Crippen molar-refractivity contribution < 1.29 is 22.4 Å². The van der Waals surface area contributed by atoms with Crippen molar-refractivity contribution in [3.63, 3.8) is 0 Å². The van der Waals surface area contributed by atoms with Crippen LogP contribution in [0.5, 0.6) is 0 Å². The Bertz CT molecular complexity index is 1340. The van der Waals surface area contributed by atoms with Gasteiger partial charge in [0, 0.05) is 49.1 Å². The highest BCUT2D eigenvalue weighted by Crippen LogP contribution is 2.38. The van der Waals surface area contributed by atoms with E-state index in [1.807, 2.05) is 25.8 Å². The summed E-state index contributed by atoms with van der Waals surface area (Å²) in [4.78, 5) is 34.8. The van der Waals surface area contributed by atoms with Crippen LogP contribution in [0.25, 0.3) is 10.6 Å². The van der Waals surface area contributed by atoms with Gasteiger partial charge in [-0.15, -0.1) is 0 Å². The number of nitrogen functional groups attached to an aromatic ring is 1. The fourth-order valence-corrected chi connectivity index (χ4v) is 4.88. The number of pyridine rings is 1. The molecule has 1 saturated heterocycles. The summed E-state index contributed by atoms with van der Waals surface area (Å²) in [6.45, 7) is 5.00. The van der Waals surface area contributed by atoms with Crippen molar-refractivity contribution in [3.8, 4) is 10.6 Å². The van der Waals surface area contributed by atoms with Crippen LogP contribution in [0, 0.1) is 5.82 Å². The van der Waals surface area contributed by atoms with Gasteiger partial charge in [-0.2, -0.15) is 13.2 Å². The zero-order valence-electron chi connectivity index (χ0n) is 19.6. The van der Waals surface area contributed by atoms with Crippen molar-refractivity contribution in [3.05, 3.63) is 57.9 Å². The van der Waals surface area contributed by atoms with Gasteiger partial charge in [-0.1, -0.05) is 11.3 Å². The molecule has 4 rings (SSSR count). The lowest BCUT2D eigenvalue weighted by molar-refractivity contribution is -0.138. The number of aromatic amines is 1. The predicted octanol–water partition coefficient (Wildman–Crippen LogP) is 4.02. The molecule has 0 aliphatic carbocycles. The van der Waals surface area contributed by atoms with E-state index in [1.54, 1.807) is 0 Å². The van der Waals surface area contributed by atoms with Gasteiger partial charge in [0.05, 0.1) is 28.7 Å². The van der Waals surface area contributed by atoms with E-state index in [0.29, 0.717) is 36.0 Å². The highest BCUT2D eigenvalue weighted by molar-refractivity contribution is 7.18. The summed E-state index contributed by atoms with van der Waals surface area (Å²) in [7, 11) is 1.97. The number of rotatable bonds is 4. The summed E-state index contributed by atoms with van der Waals surface area (Å²) < 4.78 is 55.9. The molecule has 3 aromatic rings. The summed E-state index contributed by atoms with van der Waals surface area (Å²) in [5, 5.41) is 3.11. The minimum atomic E-state index is -4.93. The van der Waals surface area contributed by atoms with E-state index in [2.05, 4.69) is 20.2 Å². The van der Waals surface area contributed by atoms with Crippen molar-refractivity contribution in [2.45, 2.75) is 32.1 Å². The van der Waals surface area contributed by atoms with Gasteiger partial charge >= 0.3 is 6.18 Å². The van der Waals surface area contributed by atoms with Crippen LogP contribution in [0.1, 0.15) is 29.8 Å². The first-order chi connectivity index (χ1) is 16.8. The number of nitrogens with one attached hydrogen (secondary N) is 2. The average Bonchev–Trinajstić information content (AvgIpc) is 3.23. The van der Waals surface area contributed by atoms with Gasteiger partial charge < -0.3 is 20.9 Å². The molecule has 8 nitrogen and oxygen atoms in total. The number of anilines is 3. The van der Waals surface area contributed by atoms with Crippen molar-refractivity contribution in [2.24, 2.45) is 0 Å². The number of amides is 1. The Morgan fingerprint density at radius 2 is 1.89 bits per heavy atom. The van der Waals surface area contributed by atoms with Crippen molar-refractivity contribution in [1.29, 1.82) is 0 Å². The van der Waals surface area contributed by atoms with Crippen molar-refractivity contribution >= 4 is 33.6 Å². The minimum Gasteiger partial charge on any atom is -0.389 e. The van der Waals surface area contributed by atoms with Gasteiger partial charge in [0.25, 0.3) is 5.91 Å². The molecule has 1 aromatic carbocycles. The number of hydrogen-bond acceptors (Lipinski definition) is 7. The third-order valence-electron chi connectivity index (χ3n) is 6.26. The smallest absolute Gasteiger partial charge is 0.389 e. The van der Waals surface area contributed by atoms with Crippen LogP contribution in [-0.4, -0.2) is 53.0 Å². The standard InChI is InChI=1S/C23H24F4N6O2S/c1-11-9-33(10-12(2)32(11)3)18-6-16(24)13(22-30-8-19(28)36-22)4-17(18)31-21(35)14-7-29-20(34)5-15(14)23(25,26)27/h4-8,11-12H,9-10,28H2,1-3H3,(H,29,34)(H,31,35)/t11-,12?/m1/s1. The first-order valence-corrected chi connectivity index (χ1v) is 11.8. The van der Waals surface area contributed by atoms with E-state index in [-0.39, 0.29) is 28.3 Å². The fourth-order valence-electron chi connectivity index (χ4n) is 4.18. The molecule has 1 amide bonds. The lowest BCUT2D eigenvalue weighted by Gasteiger charge is -2.44. The molecule has 0 spiro atoms. The van der Waals surface area contributed by atoms with E-state index in [9.17, 15) is 22.8 Å². The zero-order valence-corrected chi connectivity index (χ0v) is 20.4. The Balaban J connectivity index is 1.80. The quantitative estimate of drug-likeness (QED) is 0.445. The average molecular weight is 525 g/mol. The van der Waals surface area contributed by atoms with Gasteiger partial charge in [-0.05, 0) is 27.0 Å². The number of nitrogens with zero attached hydrogens (tertiary/aromatic N) is 3. The summed E-state index contributed by atoms with van der Waals surface area (Å²) >= 11 is 1.03. The van der Waals surface area contributed by atoms with Crippen LogP contribution in [0.3, 0.4) is 0 Å². The topological polar surface area (TPSA) is 107 Å². The molecule has 3 heterocycles. The number of thiazole rings is 1. The summed E-state index contributed by atoms with van der Waals surface area (Å²) in [6.07, 6.45) is -2.85. The molecule has 2 atom stereocenters. The number of nitrogens with two attached hydrogens (primary N) is 1. The number of H-pyrrole nitrogens is 1. The highest BCUT2D eigenvalue weighted by atomic mass is 32.1. The van der Waals surface area contributed by atoms with Gasteiger partial charge in [0.2, 0.25) is 5.56 Å². The van der Waals surface area contributed by atoms with Crippen molar-refractivity contribution in [2.75, 3.05) is 36.1 Å². The molecule has 0 bridgehead atoms. The van der Waals surface area contributed by atoms with Crippen molar-refractivity contribution in [1.82, 2.24) is 14.9 Å². The van der Waals surface area contributed by atoms with Crippen LogP contribution in [0.15, 0.2) is 35.4 Å². The first-order valence-electron chi connectivity index (χ1n) is 11.0. The van der Waals surface area contributed by atoms with Gasteiger partial charge in [-0.25, -0.2) is 9.37 Å². The summed E-state index contributed by atoms with van der Waals surface area (Å²) in [5.74, 6) is -1.72. The second-order valence-electron chi connectivity index (χ2n) is 8.76. The van der Waals surface area contributed by atoms with E-state index in [0.717, 1.165) is 11.3 Å². The molecule has 13 heteroatoms. The van der Waals surface area contributed by atoms with Gasteiger partial charge in [0.15, 0.2) is 0 Å². The Hall–Kier alpha value is -3.45. The number of halogens is 4. The molecule has 4 N–H and O–H groups in total. The highest BCUT2D eigenvalue weighted by Gasteiger charge is 2.36. The van der Waals surface area contributed by atoms with Crippen LogP contribution in [0.4, 0.5) is 33.9 Å². The largest absolute Gasteiger partial charge is 0.417 e. The Kier molecular flexibility index (Phi) is 6.80. The first kappa shape index (κ1) is 25.6. The second kappa shape index (κ2) is 9.54. The number of aromatic nitrogens is 2. The lowest BCUT2D eigenvalue weighted by atomic mass is 10.1. The molecule has 36 heavy (non-hydrogen) atoms. The number of carbonyl (C=O) groups is 1. The number of benzene rings is 1. The molecule has 1 unspecified atom stereocenters. The molecule has 1 aliphatic rings. The maximum atomic E-state index is 15.3. The Morgan fingerprint density at radius 1 is 1.22 bits per heavy atom. The zero-order chi connectivity index (χ0) is 26.4. The molecule has 192 valence electrons. The normalized spacial score (nSPS) is 18.9. The molecule has 1 fully saturated rings. The van der Waals surface area contributed by atoms with Crippen LogP contribution >= 0.6 is 11.3 Å². The van der Waals surface area contributed by atoms with E-state index in [4.69, 9.17) is 5.73 Å². The Labute approximate surface area is 207 Å². The lowest BCUT2D eigenvalue weighted by Crippen LogP contribution is -2.55. The number of hydrogen-bond donors (Lipinski definition) is 3. The maximum absolute atomic E-state index is 15.3. The second-order valence-corrected chi connectivity index (χ2v) is 9.82. The van der Waals surface area contributed by atoms with E-state index < -0.39 is 34.6 Å². The number of likely N-dealkylation sites (N-methyl/N-ethyl adjacent to an activating group) is 1. The summed E-state index contributed by atoms with van der Waals surface area (Å²) in [6, 6.07) is 3.09. The monoisotopic (exact) mass is 524 g/mol. The van der Waals surface area contributed by atoms with Gasteiger partial charge in [0.1, 0.15) is 15.8 Å². The van der Waals surface area contributed by atoms with Crippen LogP contribution < -0.4 is 21.5 Å². The SMILES string of the molecule is CC1CN(c2cc(F)c(-c3ncc(N)s3)cc2NC(=O)c2c[nH]c(=O)cc2C(F)(F)F)C[C@@H](C)N1C. The third-order valence-corrected chi connectivity index (χ3v) is 7.12. The van der Waals surface area contributed by atoms with E-state index >= 15 is 4.39 Å². The predicted molar refractivity (Wildman–Crippen MR) is 131 cm³/mol. The van der Waals surface area contributed by atoms with Gasteiger partial charge in [-0.3, -0.25) is 14.5 Å². The van der Waals surface area contributed by atoms with E-state index in [1.165, 1.54) is 18.3 Å². The molecule has 0 saturated carbocycles. The third kappa shape index (κ3) is 5.07.